The van der Waals surface area contributed by atoms with Gasteiger partial charge in [0.25, 0.3) is 0 Å². The summed E-state index contributed by atoms with van der Waals surface area (Å²) >= 11 is 5.82. The first kappa shape index (κ1) is 12.3. The molecule has 0 unspecified atom stereocenters. The van der Waals surface area contributed by atoms with Crippen LogP contribution in [0.5, 0.6) is 0 Å². The van der Waals surface area contributed by atoms with Crippen LogP contribution < -0.4 is 5.73 Å². The highest BCUT2D eigenvalue weighted by Gasteiger charge is 2.01. The van der Waals surface area contributed by atoms with Crippen molar-refractivity contribution in [2.45, 2.75) is 26.2 Å². The van der Waals surface area contributed by atoms with Gasteiger partial charge in [-0.1, -0.05) is 24.9 Å². The van der Waals surface area contributed by atoms with E-state index in [1.165, 1.54) is 0 Å². The van der Waals surface area contributed by atoms with E-state index in [0.29, 0.717) is 17.4 Å². The Labute approximate surface area is 95.6 Å². The molecule has 3 nitrogen and oxygen atoms in total. The van der Waals surface area contributed by atoms with Crippen molar-refractivity contribution < 1.29 is 4.74 Å². The summed E-state index contributed by atoms with van der Waals surface area (Å²) in [5.74, 6) is 0.540. The van der Waals surface area contributed by atoms with E-state index < -0.39 is 0 Å². The Bertz CT molecular complexity index is 305. The molecule has 0 aliphatic carbocycles. The van der Waals surface area contributed by atoms with Crippen molar-refractivity contribution in [3.05, 3.63) is 22.8 Å². The zero-order valence-corrected chi connectivity index (χ0v) is 9.76. The fraction of sp³-hybridized carbons (Fsp3) is 0.545. The van der Waals surface area contributed by atoms with Crippen LogP contribution in [0.15, 0.2) is 12.3 Å². The molecule has 15 heavy (non-hydrogen) atoms. The van der Waals surface area contributed by atoms with Gasteiger partial charge in [-0.2, -0.15) is 0 Å². The molecule has 0 saturated heterocycles. The lowest BCUT2D eigenvalue weighted by atomic mass is 10.2. The number of rotatable bonds is 6. The number of pyridine rings is 1. The molecular formula is C11H17ClN2O. The molecule has 0 aliphatic rings. The van der Waals surface area contributed by atoms with E-state index in [1.807, 2.05) is 6.07 Å². The zero-order chi connectivity index (χ0) is 11.1. The molecule has 0 bridgehead atoms. The van der Waals surface area contributed by atoms with Crippen molar-refractivity contribution in [3.8, 4) is 0 Å². The summed E-state index contributed by atoms with van der Waals surface area (Å²) in [7, 11) is 0. The van der Waals surface area contributed by atoms with Gasteiger partial charge in [-0.3, -0.25) is 0 Å². The monoisotopic (exact) mass is 228 g/mol. The molecule has 1 rings (SSSR count). The lowest BCUT2D eigenvalue weighted by Crippen LogP contribution is -2.04. The maximum Gasteiger partial charge on any atom is 0.126 e. The van der Waals surface area contributed by atoms with Gasteiger partial charge in [0.15, 0.2) is 0 Å². The van der Waals surface area contributed by atoms with Crippen LogP contribution in [0.4, 0.5) is 5.82 Å². The highest BCUT2D eigenvalue weighted by atomic mass is 35.5. The lowest BCUT2D eigenvalue weighted by molar-refractivity contribution is 0.134. The van der Waals surface area contributed by atoms with Gasteiger partial charge < -0.3 is 10.5 Å². The number of halogens is 1. The quantitative estimate of drug-likeness (QED) is 0.762. The third-order valence-electron chi connectivity index (χ3n) is 2.13. The minimum absolute atomic E-state index is 0.540. The van der Waals surface area contributed by atoms with E-state index in [-0.39, 0.29) is 0 Å². The first-order chi connectivity index (χ1) is 7.24. The number of nitrogens with two attached hydrogens (primary N) is 1. The van der Waals surface area contributed by atoms with Crippen LogP contribution in [-0.2, 0) is 11.2 Å². The second-order valence-corrected chi connectivity index (χ2v) is 3.85. The molecule has 1 aromatic heterocycles. The number of nitrogen functional groups attached to an aromatic ring is 1. The van der Waals surface area contributed by atoms with Gasteiger partial charge in [-0.15, -0.1) is 0 Å². The second-order valence-electron chi connectivity index (χ2n) is 3.41. The summed E-state index contributed by atoms with van der Waals surface area (Å²) < 4.78 is 5.45. The summed E-state index contributed by atoms with van der Waals surface area (Å²) in [5, 5.41) is 0.618. The summed E-state index contributed by atoms with van der Waals surface area (Å²) in [5.41, 5.74) is 6.66. The van der Waals surface area contributed by atoms with Gasteiger partial charge in [0.2, 0.25) is 0 Å². The molecule has 0 amide bonds. The molecule has 84 valence electrons. The van der Waals surface area contributed by atoms with Gasteiger partial charge >= 0.3 is 0 Å². The molecule has 0 radical (unpaired) electrons. The Kier molecular flexibility index (Phi) is 5.43. The first-order valence-electron chi connectivity index (χ1n) is 5.21. The SMILES string of the molecule is CCCCOCCc1cc(Cl)cnc1N. The van der Waals surface area contributed by atoms with Gasteiger partial charge in [0.1, 0.15) is 5.82 Å². The summed E-state index contributed by atoms with van der Waals surface area (Å²) in [6.45, 7) is 3.62. The van der Waals surface area contributed by atoms with E-state index in [1.54, 1.807) is 6.20 Å². The first-order valence-corrected chi connectivity index (χ1v) is 5.59. The van der Waals surface area contributed by atoms with Gasteiger partial charge in [-0.05, 0) is 24.5 Å². The van der Waals surface area contributed by atoms with Crippen LogP contribution in [-0.4, -0.2) is 18.2 Å². The smallest absolute Gasteiger partial charge is 0.126 e. The molecule has 0 aliphatic heterocycles. The number of unbranched alkanes of at least 4 members (excludes halogenated alkanes) is 1. The lowest BCUT2D eigenvalue weighted by Gasteiger charge is -2.06. The average Bonchev–Trinajstić information content (AvgIpc) is 2.23. The molecule has 0 saturated carbocycles. The van der Waals surface area contributed by atoms with E-state index >= 15 is 0 Å². The Morgan fingerprint density at radius 3 is 3.00 bits per heavy atom. The van der Waals surface area contributed by atoms with Crippen LogP contribution in [0.25, 0.3) is 0 Å². The van der Waals surface area contributed by atoms with Crippen molar-refractivity contribution in [2.75, 3.05) is 18.9 Å². The van der Waals surface area contributed by atoms with Crippen LogP contribution in [0, 0.1) is 0 Å². The highest BCUT2D eigenvalue weighted by Crippen LogP contribution is 2.15. The fourth-order valence-corrected chi connectivity index (χ4v) is 1.40. The average molecular weight is 229 g/mol. The number of hydrogen-bond donors (Lipinski definition) is 1. The Hall–Kier alpha value is -0.800. The predicted octanol–water partition coefficient (Wildman–Crippen LogP) is 2.68. The van der Waals surface area contributed by atoms with Gasteiger partial charge in [-0.25, -0.2) is 4.98 Å². The van der Waals surface area contributed by atoms with Crippen LogP contribution in [0.2, 0.25) is 5.02 Å². The molecule has 0 atom stereocenters. The van der Waals surface area contributed by atoms with Gasteiger partial charge in [0.05, 0.1) is 11.6 Å². The van der Waals surface area contributed by atoms with E-state index in [0.717, 1.165) is 31.4 Å². The third-order valence-corrected chi connectivity index (χ3v) is 2.33. The van der Waals surface area contributed by atoms with Crippen molar-refractivity contribution >= 4 is 17.4 Å². The molecule has 2 N–H and O–H groups in total. The minimum atomic E-state index is 0.540. The highest BCUT2D eigenvalue weighted by molar-refractivity contribution is 6.30. The molecule has 1 aromatic rings. The van der Waals surface area contributed by atoms with Crippen molar-refractivity contribution in [1.82, 2.24) is 4.98 Å². The summed E-state index contributed by atoms with van der Waals surface area (Å²) in [6, 6.07) is 1.84. The molecule has 4 heteroatoms. The maximum atomic E-state index is 5.82. The molecule has 0 aromatic carbocycles. The van der Waals surface area contributed by atoms with Crippen molar-refractivity contribution in [3.63, 3.8) is 0 Å². The molecule has 1 heterocycles. The molecule has 0 spiro atoms. The second kappa shape index (κ2) is 6.64. The van der Waals surface area contributed by atoms with E-state index in [9.17, 15) is 0 Å². The largest absolute Gasteiger partial charge is 0.383 e. The maximum absolute atomic E-state index is 5.82. The number of nitrogens with zero attached hydrogens (tertiary/aromatic N) is 1. The van der Waals surface area contributed by atoms with Crippen molar-refractivity contribution in [2.24, 2.45) is 0 Å². The normalized spacial score (nSPS) is 10.5. The summed E-state index contributed by atoms with van der Waals surface area (Å²) in [6.07, 6.45) is 4.57. The van der Waals surface area contributed by atoms with E-state index in [2.05, 4.69) is 11.9 Å². The number of aromatic nitrogens is 1. The zero-order valence-electron chi connectivity index (χ0n) is 9.00. The van der Waals surface area contributed by atoms with Crippen LogP contribution in [0.1, 0.15) is 25.3 Å². The third kappa shape index (κ3) is 4.49. The predicted molar refractivity (Wildman–Crippen MR) is 63.1 cm³/mol. The standard InChI is InChI=1S/C11H17ClN2O/c1-2-3-5-15-6-4-9-7-10(12)8-14-11(9)13/h7-8H,2-6H2,1H3,(H2,13,14). The molecular weight excluding hydrogens is 212 g/mol. The number of anilines is 1. The summed E-state index contributed by atoms with van der Waals surface area (Å²) in [4.78, 5) is 3.98. The van der Waals surface area contributed by atoms with E-state index in [4.69, 9.17) is 22.1 Å². The fourth-order valence-electron chi connectivity index (χ4n) is 1.22. The Morgan fingerprint density at radius 1 is 1.47 bits per heavy atom. The number of hydrogen-bond acceptors (Lipinski definition) is 3. The Balaban J connectivity index is 2.33. The minimum Gasteiger partial charge on any atom is -0.383 e. The van der Waals surface area contributed by atoms with Crippen LogP contribution >= 0.6 is 11.6 Å². The Morgan fingerprint density at radius 2 is 2.27 bits per heavy atom. The topological polar surface area (TPSA) is 48.1 Å². The van der Waals surface area contributed by atoms with Crippen molar-refractivity contribution in [1.29, 1.82) is 0 Å². The van der Waals surface area contributed by atoms with Crippen LogP contribution in [0.3, 0.4) is 0 Å². The number of ether oxygens (including phenoxy) is 1. The molecule has 0 fully saturated rings. The van der Waals surface area contributed by atoms with Gasteiger partial charge in [0, 0.05) is 12.8 Å².